The summed E-state index contributed by atoms with van der Waals surface area (Å²) in [6, 6.07) is 9.89. The van der Waals surface area contributed by atoms with Crippen LogP contribution in [0, 0.1) is 0 Å². The van der Waals surface area contributed by atoms with Gasteiger partial charge in [0.1, 0.15) is 5.82 Å². The molecule has 0 aliphatic heterocycles. The molecule has 1 atom stereocenters. The summed E-state index contributed by atoms with van der Waals surface area (Å²) in [4.78, 5) is 19.2. The predicted molar refractivity (Wildman–Crippen MR) is 74.2 cm³/mol. The molecule has 0 spiro atoms. The molecule has 1 aliphatic carbocycles. The lowest BCUT2D eigenvalue weighted by molar-refractivity contribution is 0.636. The molecule has 0 saturated carbocycles. The Labute approximate surface area is 111 Å². The van der Waals surface area contributed by atoms with Crippen molar-refractivity contribution >= 4 is 0 Å². The van der Waals surface area contributed by atoms with E-state index in [1.165, 1.54) is 11.1 Å². The van der Waals surface area contributed by atoms with E-state index in [2.05, 4.69) is 27.4 Å². The van der Waals surface area contributed by atoms with Crippen LogP contribution in [0.2, 0.25) is 0 Å². The summed E-state index contributed by atoms with van der Waals surface area (Å²) in [7, 11) is 0. The fourth-order valence-corrected chi connectivity index (χ4v) is 2.54. The first-order valence-corrected chi connectivity index (χ1v) is 6.66. The molecule has 2 aromatic rings. The molecule has 0 radical (unpaired) electrons. The Kier molecular flexibility index (Phi) is 3.17. The maximum Gasteiger partial charge on any atom is 0.251 e. The number of aromatic nitrogens is 2. The van der Waals surface area contributed by atoms with Gasteiger partial charge in [-0.05, 0) is 24.1 Å². The van der Waals surface area contributed by atoms with Crippen molar-refractivity contribution in [1.29, 1.82) is 0 Å². The lowest BCUT2D eigenvalue weighted by Crippen LogP contribution is -2.25. The van der Waals surface area contributed by atoms with Crippen LogP contribution in [0.3, 0.4) is 0 Å². The minimum atomic E-state index is -0.0673. The Balaban J connectivity index is 1.90. The van der Waals surface area contributed by atoms with Gasteiger partial charge in [-0.25, -0.2) is 4.98 Å². The van der Waals surface area contributed by atoms with Crippen LogP contribution < -0.4 is 10.9 Å². The molecule has 0 saturated heterocycles. The fourth-order valence-electron chi connectivity index (χ4n) is 2.54. The molecule has 1 unspecified atom stereocenters. The summed E-state index contributed by atoms with van der Waals surface area (Å²) in [6.07, 6.45) is 0.962. The SMILES string of the molecule is CCNCc1cc(=O)[nH]c(C2Cc3ccccc32)n1. The van der Waals surface area contributed by atoms with E-state index in [9.17, 15) is 4.79 Å². The van der Waals surface area contributed by atoms with Gasteiger partial charge in [-0.3, -0.25) is 4.79 Å². The number of hydrogen-bond donors (Lipinski definition) is 2. The number of fused-ring (bicyclic) bond motifs is 1. The first-order valence-electron chi connectivity index (χ1n) is 6.66. The average molecular weight is 255 g/mol. The van der Waals surface area contributed by atoms with Crippen LogP contribution in [0.25, 0.3) is 0 Å². The minimum absolute atomic E-state index is 0.0673. The van der Waals surface area contributed by atoms with E-state index in [0.717, 1.165) is 24.5 Å². The monoisotopic (exact) mass is 255 g/mol. The predicted octanol–water partition coefficient (Wildman–Crippen LogP) is 1.57. The summed E-state index contributed by atoms with van der Waals surface area (Å²) < 4.78 is 0. The van der Waals surface area contributed by atoms with Gasteiger partial charge in [0.05, 0.1) is 5.69 Å². The molecule has 4 nitrogen and oxygen atoms in total. The molecule has 0 amide bonds. The summed E-state index contributed by atoms with van der Waals surface area (Å²) in [5.74, 6) is 1.03. The van der Waals surface area contributed by atoms with Crippen molar-refractivity contribution in [1.82, 2.24) is 15.3 Å². The van der Waals surface area contributed by atoms with Crippen LogP contribution in [0.15, 0.2) is 35.1 Å². The summed E-state index contributed by atoms with van der Waals surface area (Å²) in [5.41, 5.74) is 3.38. The highest BCUT2D eigenvalue weighted by atomic mass is 16.1. The van der Waals surface area contributed by atoms with Gasteiger partial charge in [0, 0.05) is 18.5 Å². The molecule has 0 fully saturated rings. The second-order valence-corrected chi connectivity index (χ2v) is 4.86. The van der Waals surface area contributed by atoms with Gasteiger partial charge in [-0.15, -0.1) is 0 Å². The summed E-state index contributed by atoms with van der Waals surface area (Å²) in [5, 5.41) is 3.20. The van der Waals surface area contributed by atoms with Crippen molar-refractivity contribution in [2.45, 2.75) is 25.8 Å². The molecule has 1 aromatic heterocycles. The number of aromatic amines is 1. The van der Waals surface area contributed by atoms with Crippen LogP contribution in [0.5, 0.6) is 0 Å². The van der Waals surface area contributed by atoms with Crippen molar-refractivity contribution in [3.8, 4) is 0 Å². The van der Waals surface area contributed by atoms with E-state index in [1.807, 2.05) is 19.1 Å². The summed E-state index contributed by atoms with van der Waals surface area (Å²) >= 11 is 0. The lowest BCUT2D eigenvalue weighted by Gasteiger charge is -2.29. The Bertz CT molecular complexity index is 648. The first kappa shape index (κ1) is 12.1. The lowest BCUT2D eigenvalue weighted by atomic mass is 9.77. The highest BCUT2D eigenvalue weighted by Crippen LogP contribution is 2.37. The van der Waals surface area contributed by atoms with E-state index in [0.29, 0.717) is 6.54 Å². The van der Waals surface area contributed by atoms with Crippen molar-refractivity contribution in [3.63, 3.8) is 0 Å². The van der Waals surface area contributed by atoms with Crippen LogP contribution >= 0.6 is 0 Å². The quantitative estimate of drug-likeness (QED) is 0.872. The molecule has 4 heteroatoms. The zero-order valence-corrected chi connectivity index (χ0v) is 10.9. The smallest absolute Gasteiger partial charge is 0.251 e. The number of nitrogens with one attached hydrogen (secondary N) is 2. The fraction of sp³-hybridized carbons (Fsp3) is 0.333. The van der Waals surface area contributed by atoms with Crippen molar-refractivity contribution in [2.75, 3.05) is 6.54 Å². The maximum atomic E-state index is 11.7. The summed E-state index contributed by atoms with van der Waals surface area (Å²) in [6.45, 7) is 3.55. The van der Waals surface area contributed by atoms with Crippen molar-refractivity contribution in [3.05, 3.63) is 63.3 Å². The largest absolute Gasteiger partial charge is 0.311 e. The highest BCUT2D eigenvalue weighted by Gasteiger charge is 2.29. The second-order valence-electron chi connectivity index (χ2n) is 4.86. The van der Waals surface area contributed by atoms with Gasteiger partial charge in [-0.1, -0.05) is 31.2 Å². The van der Waals surface area contributed by atoms with Crippen LogP contribution in [0.1, 0.15) is 35.5 Å². The third-order valence-corrected chi connectivity index (χ3v) is 3.55. The van der Waals surface area contributed by atoms with E-state index in [4.69, 9.17) is 0 Å². The highest BCUT2D eigenvalue weighted by molar-refractivity contribution is 5.43. The van der Waals surface area contributed by atoms with Crippen molar-refractivity contribution < 1.29 is 0 Å². The molecular formula is C15H17N3O. The Hall–Kier alpha value is -1.94. The molecule has 1 aliphatic rings. The molecule has 98 valence electrons. The first-order chi connectivity index (χ1) is 9.28. The van der Waals surface area contributed by atoms with Gasteiger partial charge < -0.3 is 10.3 Å². The van der Waals surface area contributed by atoms with E-state index in [-0.39, 0.29) is 11.5 Å². The van der Waals surface area contributed by atoms with Gasteiger partial charge in [0.2, 0.25) is 0 Å². The molecule has 19 heavy (non-hydrogen) atoms. The number of benzene rings is 1. The molecule has 1 heterocycles. The van der Waals surface area contributed by atoms with E-state index in [1.54, 1.807) is 6.07 Å². The second kappa shape index (κ2) is 4.97. The molecule has 3 rings (SSSR count). The molecular weight excluding hydrogens is 238 g/mol. The number of H-pyrrole nitrogens is 1. The van der Waals surface area contributed by atoms with Gasteiger partial charge in [0.25, 0.3) is 5.56 Å². The molecule has 0 bridgehead atoms. The number of rotatable bonds is 4. The molecule has 2 N–H and O–H groups in total. The topological polar surface area (TPSA) is 57.8 Å². The van der Waals surface area contributed by atoms with Crippen LogP contribution in [-0.2, 0) is 13.0 Å². The maximum absolute atomic E-state index is 11.7. The minimum Gasteiger partial charge on any atom is -0.311 e. The average Bonchev–Trinajstić information content (AvgIpc) is 2.37. The third-order valence-electron chi connectivity index (χ3n) is 3.55. The number of hydrogen-bond acceptors (Lipinski definition) is 3. The van der Waals surface area contributed by atoms with Crippen LogP contribution in [0.4, 0.5) is 0 Å². The Morgan fingerprint density at radius 3 is 3.05 bits per heavy atom. The van der Waals surface area contributed by atoms with E-state index >= 15 is 0 Å². The van der Waals surface area contributed by atoms with Gasteiger partial charge >= 0.3 is 0 Å². The zero-order chi connectivity index (χ0) is 13.2. The molecule has 1 aromatic carbocycles. The Morgan fingerprint density at radius 2 is 2.26 bits per heavy atom. The van der Waals surface area contributed by atoms with E-state index < -0.39 is 0 Å². The number of nitrogens with zero attached hydrogens (tertiary/aromatic N) is 1. The normalized spacial score (nSPS) is 16.8. The standard InChI is InChI=1S/C15H17N3O/c1-2-16-9-11-8-14(19)18-15(17-11)13-7-10-5-3-4-6-12(10)13/h3-6,8,13,16H,2,7,9H2,1H3,(H,17,18,19). The Morgan fingerprint density at radius 1 is 1.42 bits per heavy atom. The van der Waals surface area contributed by atoms with Crippen LogP contribution in [-0.4, -0.2) is 16.5 Å². The van der Waals surface area contributed by atoms with Gasteiger partial charge in [-0.2, -0.15) is 0 Å². The zero-order valence-electron chi connectivity index (χ0n) is 10.9. The third kappa shape index (κ3) is 2.31. The van der Waals surface area contributed by atoms with Crippen molar-refractivity contribution in [2.24, 2.45) is 0 Å². The van der Waals surface area contributed by atoms with Gasteiger partial charge in [0.15, 0.2) is 0 Å².